The second-order valence-electron chi connectivity index (χ2n) is 7.04. The van der Waals surface area contributed by atoms with Crippen LogP contribution in [0.1, 0.15) is 28.4 Å². The lowest BCUT2D eigenvalue weighted by Gasteiger charge is -2.16. The molecule has 0 aliphatic carbocycles. The van der Waals surface area contributed by atoms with Gasteiger partial charge in [0, 0.05) is 17.5 Å². The molecule has 0 amide bonds. The van der Waals surface area contributed by atoms with Gasteiger partial charge >= 0.3 is 6.36 Å². The van der Waals surface area contributed by atoms with Gasteiger partial charge in [-0.2, -0.15) is 15.0 Å². The highest BCUT2D eigenvalue weighted by Gasteiger charge is 2.31. The number of halogens is 3. The van der Waals surface area contributed by atoms with Crippen molar-refractivity contribution in [3.8, 4) is 17.0 Å². The molecule has 4 rings (SSSR count). The SMILES string of the molecule is O=C(CC(c1ccccc1)n1ncc(-c2ccccc2)n1)c1ccc(OC(F)(F)F)cc1. The molecular weight excluding hydrogens is 419 g/mol. The molecule has 5 nitrogen and oxygen atoms in total. The molecule has 0 spiro atoms. The highest BCUT2D eigenvalue weighted by Crippen LogP contribution is 2.27. The summed E-state index contributed by atoms with van der Waals surface area (Å²) in [6.45, 7) is 0. The zero-order valence-corrected chi connectivity index (χ0v) is 16.7. The lowest BCUT2D eigenvalue weighted by atomic mass is 9.98. The third-order valence-electron chi connectivity index (χ3n) is 4.83. The fourth-order valence-corrected chi connectivity index (χ4v) is 3.31. The van der Waals surface area contributed by atoms with E-state index >= 15 is 0 Å². The Kier molecular flexibility index (Phi) is 6.02. The molecule has 0 aliphatic heterocycles. The predicted molar refractivity (Wildman–Crippen MR) is 112 cm³/mol. The van der Waals surface area contributed by atoms with Gasteiger partial charge in [-0.3, -0.25) is 4.79 Å². The fraction of sp³-hybridized carbons (Fsp3) is 0.125. The first-order valence-corrected chi connectivity index (χ1v) is 9.80. The Morgan fingerprint density at radius 2 is 1.53 bits per heavy atom. The molecule has 162 valence electrons. The molecule has 32 heavy (non-hydrogen) atoms. The number of Topliss-reactive ketones (excluding diaryl/α,β-unsaturated/α-hetero) is 1. The van der Waals surface area contributed by atoms with Crippen LogP contribution in [0.5, 0.6) is 5.75 Å². The minimum absolute atomic E-state index is 0.0341. The first kappa shape index (κ1) is 21.3. The van der Waals surface area contributed by atoms with E-state index < -0.39 is 12.4 Å². The van der Waals surface area contributed by atoms with E-state index in [1.54, 1.807) is 6.20 Å². The molecule has 1 atom stereocenters. The Morgan fingerprint density at radius 1 is 0.906 bits per heavy atom. The number of ketones is 1. The van der Waals surface area contributed by atoms with E-state index in [2.05, 4.69) is 14.9 Å². The van der Waals surface area contributed by atoms with Crippen molar-refractivity contribution in [1.82, 2.24) is 15.0 Å². The Morgan fingerprint density at radius 3 is 2.16 bits per heavy atom. The molecule has 3 aromatic carbocycles. The largest absolute Gasteiger partial charge is 0.573 e. The molecule has 0 bridgehead atoms. The standard InChI is InChI=1S/C24H18F3N3O2/c25-24(26,27)32-20-13-11-19(12-14-20)23(31)15-22(18-9-5-2-6-10-18)30-28-16-21(29-30)17-7-3-1-4-8-17/h1-14,16,22H,15H2. The molecule has 0 saturated heterocycles. The summed E-state index contributed by atoms with van der Waals surface area (Å²) in [5, 5.41) is 8.95. The van der Waals surface area contributed by atoms with Crippen molar-refractivity contribution in [2.45, 2.75) is 18.8 Å². The smallest absolute Gasteiger partial charge is 0.406 e. The van der Waals surface area contributed by atoms with Gasteiger partial charge in [-0.1, -0.05) is 60.7 Å². The van der Waals surface area contributed by atoms with Gasteiger partial charge < -0.3 is 4.74 Å². The number of carbonyl (C=O) groups excluding carboxylic acids is 1. The summed E-state index contributed by atoms with van der Waals surface area (Å²) >= 11 is 0. The maximum Gasteiger partial charge on any atom is 0.573 e. The molecule has 1 heterocycles. The summed E-state index contributed by atoms with van der Waals surface area (Å²) in [5.74, 6) is -0.633. The Hall–Kier alpha value is -3.94. The molecule has 8 heteroatoms. The van der Waals surface area contributed by atoms with Crippen molar-refractivity contribution < 1.29 is 22.7 Å². The second kappa shape index (κ2) is 9.05. The summed E-state index contributed by atoms with van der Waals surface area (Å²) in [7, 11) is 0. The zero-order chi connectivity index (χ0) is 22.6. The van der Waals surface area contributed by atoms with Gasteiger partial charge in [0.2, 0.25) is 0 Å². The van der Waals surface area contributed by atoms with Gasteiger partial charge in [-0.05, 0) is 29.8 Å². The quantitative estimate of drug-likeness (QED) is 0.348. The van der Waals surface area contributed by atoms with Crippen LogP contribution in [0.3, 0.4) is 0 Å². The van der Waals surface area contributed by atoms with Crippen molar-refractivity contribution in [2.75, 3.05) is 0 Å². The highest BCUT2D eigenvalue weighted by molar-refractivity contribution is 5.96. The number of hydrogen-bond acceptors (Lipinski definition) is 4. The zero-order valence-electron chi connectivity index (χ0n) is 16.7. The Labute approximate surface area is 182 Å². The summed E-state index contributed by atoms with van der Waals surface area (Å²) in [6, 6.07) is 23.3. The fourth-order valence-electron chi connectivity index (χ4n) is 3.31. The molecule has 0 N–H and O–H groups in total. The van der Waals surface area contributed by atoms with Crippen molar-refractivity contribution >= 4 is 5.78 Å². The van der Waals surface area contributed by atoms with Crippen molar-refractivity contribution in [2.24, 2.45) is 0 Å². The maximum atomic E-state index is 12.9. The number of ether oxygens (including phenoxy) is 1. The van der Waals surface area contributed by atoms with Crippen LogP contribution < -0.4 is 4.74 Å². The van der Waals surface area contributed by atoms with Crippen LogP contribution in [0.4, 0.5) is 13.2 Å². The number of alkyl halides is 3. The topological polar surface area (TPSA) is 57.0 Å². The number of aromatic nitrogens is 3. The lowest BCUT2D eigenvalue weighted by Crippen LogP contribution is -2.18. The number of benzene rings is 3. The molecule has 1 aromatic heterocycles. The average molecular weight is 437 g/mol. The number of rotatable bonds is 7. The average Bonchev–Trinajstić information content (AvgIpc) is 3.28. The van der Waals surface area contributed by atoms with Gasteiger partial charge in [0.1, 0.15) is 17.5 Å². The van der Waals surface area contributed by atoms with Gasteiger partial charge in [-0.25, -0.2) is 0 Å². The highest BCUT2D eigenvalue weighted by atomic mass is 19.4. The third kappa shape index (κ3) is 5.21. The third-order valence-corrected chi connectivity index (χ3v) is 4.83. The lowest BCUT2D eigenvalue weighted by molar-refractivity contribution is -0.274. The number of nitrogens with zero attached hydrogens (tertiary/aromatic N) is 3. The summed E-state index contributed by atoms with van der Waals surface area (Å²) in [6.07, 6.45) is -3.11. The van der Waals surface area contributed by atoms with Crippen molar-refractivity contribution in [3.63, 3.8) is 0 Å². The number of carbonyl (C=O) groups is 1. The van der Waals surface area contributed by atoms with Crippen molar-refractivity contribution in [1.29, 1.82) is 0 Å². The molecule has 1 unspecified atom stereocenters. The molecule has 0 aliphatic rings. The first-order chi connectivity index (χ1) is 15.4. The van der Waals surface area contributed by atoms with E-state index in [1.807, 2.05) is 60.7 Å². The molecule has 0 saturated carbocycles. The van der Waals surface area contributed by atoms with Gasteiger partial charge in [0.05, 0.1) is 6.20 Å². The van der Waals surface area contributed by atoms with Crippen molar-refractivity contribution in [3.05, 3.63) is 102 Å². The normalized spacial score (nSPS) is 12.3. The van der Waals surface area contributed by atoms with Crippen LogP contribution in [0, 0.1) is 0 Å². The van der Waals surface area contributed by atoms with E-state index in [0.29, 0.717) is 5.69 Å². The van der Waals surface area contributed by atoms with E-state index in [0.717, 1.165) is 23.3 Å². The van der Waals surface area contributed by atoms with E-state index in [-0.39, 0.29) is 23.5 Å². The van der Waals surface area contributed by atoms with Crippen LogP contribution in [-0.2, 0) is 0 Å². The molecular formula is C24H18F3N3O2. The van der Waals surface area contributed by atoms with E-state index in [1.165, 1.54) is 16.9 Å². The Bertz CT molecular complexity index is 1170. The van der Waals surface area contributed by atoms with Gasteiger partial charge in [-0.15, -0.1) is 13.2 Å². The molecule has 0 fully saturated rings. The van der Waals surface area contributed by atoms with Crippen LogP contribution >= 0.6 is 0 Å². The van der Waals surface area contributed by atoms with E-state index in [4.69, 9.17) is 0 Å². The first-order valence-electron chi connectivity index (χ1n) is 9.80. The summed E-state index contributed by atoms with van der Waals surface area (Å²) in [4.78, 5) is 14.4. The Balaban J connectivity index is 1.58. The van der Waals surface area contributed by atoms with Crippen LogP contribution in [0.25, 0.3) is 11.3 Å². The monoisotopic (exact) mass is 437 g/mol. The minimum Gasteiger partial charge on any atom is -0.406 e. The van der Waals surface area contributed by atoms with Crippen LogP contribution in [0.2, 0.25) is 0 Å². The second-order valence-corrected chi connectivity index (χ2v) is 7.04. The van der Waals surface area contributed by atoms with Gasteiger partial charge in [0.15, 0.2) is 5.78 Å². The summed E-state index contributed by atoms with van der Waals surface area (Å²) < 4.78 is 41.0. The van der Waals surface area contributed by atoms with Gasteiger partial charge in [0.25, 0.3) is 0 Å². The van der Waals surface area contributed by atoms with E-state index in [9.17, 15) is 18.0 Å². The minimum atomic E-state index is -4.79. The number of hydrogen-bond donors (Lipinski definition) is 0. The maximum absolute atomic E-state index is 12.9. The molecule has 0 radical (unpaired) electrons. The molecule has 4 aromatic rings. The van der Waals surface area contributed by atoms with Crippen LogP contribution in [-0.4, -0.2) is 27.1 Å². The predicted octanol–water partition coefficient (Wildman–Crippen LogP) is 5.71. The van der Waals surface area contributed by atoms with Crippen LogP contribution in [0.15, 0.2) is 91.1 Å². The summed E-state index contributed by atoms with van der Waals surface area (Å²) in [5.41, 5.74) is 2.69.